The summed E-state index contributed by atoms with van der Waals surface area (Å²) in [5.74, 6) is 1.67. The van der Waals surface area contributed by atoms with Crippen LogP contribution in [0.25, 0.3) is 53.2 Å². The maximum Gasteiger partial charge on any atom is 0.143 e. The smallest absolute Gasteiger partial charge is 0.143 e. The predicted molar refractivity (Wildman–Crippen MR) is 152 cm³/mol. The van der Waals surface area contributed by atoms with Gasteiger partial charge >= 0.3 is 0 Å². The molecule has 0 aliphatic carbocycles. The summed E-state index contributed by atoms with van der Waals surface area (Å²) >= 11 is 1.82. The zero-order valence-corrected chi connectivity index (χ0v) is 22.1. The molecule has 0 bridgehead atoms. The van der Waals surface area contributed by atoms with Crippen LogP contribution in [0.4, 0.5) is 0 Å². The van der Waals surface area contributed by atoms with Crippen molar-refractivity contribution in [2.45, 2.75) is 53.4 Å². The van der Waals surface area contributed by atoms with Crippen LogP contribution in [-0.2, 0) is 11.8 Å². The van der Waals surface area contributed by atoms with Gasteiger partial charge in [-0.25, -0.2) is 0 Å². The number of benzene rings is 3. The molecule has 6 rings (SSSR count). The molecular weight excluding hydrogens is 446 g/mol. The number of rotatable bonds is 3. The van der Waals surface area contributed by atoms with Crippen molar-refractivity contribution in [3.05, 3.63) is 77.7 Å². The highest BCUT2D eigenvalue weighted by Crippen LogP contribution is 2.44. The summed E-state index contributed by atoms with van der Waals surface area (Å²) in [5, 5.41) is 6.26. The highest BCUT2D eigenvalue weighted by molar-refractivity contribution is 7.26. The first-order valence-electron chi connectivity index (χ1n) is 12.5. The van der Waals surface area contributed by atoms with Gasteiger partial charge in [-0.1, -0.05) is 58.9 Å². The van der Waals surface area contributed by atoms with Crippen LogP contribution in [0, 0.1) is 12.8 Å². The van der Waals surface area contributed by atoms with E-state index >= 15 is 0 Å². The first kappa shape index (κ1) is 22.3. The van der Waals surface area contributed by atoms with E-state index in [1.54, 1.807) is 0 Å². The van der Waals surface area contributed by atoms with Crippen LogP contribution in [-0.4, -0.2) is 4.98 Å². The number of nitrogens with zero attached hydrogens (tertiary/aromatic N) is 1. The molecule has 3 heterocycles. The van der Waals surface area contributed by atoms with E-state index in [-0.39, 0.29) is 5.41 Å². The lowest BCUT2D eigenvalue weighted by atomic mass is 9.82. The Labute approximate surface area is 210 Å². The van der Waals surface area contributed by atoms with Crippen LogP contribution in [0.2, 0.25) is 0 Å². The van der Waals surface area contributed by atoms with Gasteiger partial charge in [-0.05, 0) is 70.5 Å². The summed E-state index contributed by atoms with van der Waals surface area (Å²) in [7, 11) is 0. The third kappa shape index (κ3) is 3.56. The molecule has 0 aliphatic rings. The predicted octanol–water partition coefficient (Wildman–Crippen LogP) is 9.82. The molecule has 0 aliphatic heterocycles. The zero-order chi connectivity index (χ0) is 24.5. The van der Waals surface area contributed by atoms with Gasteiger partial charge in [0.05, 0.1) is 10.4 Å². The second-order valence-corrected chi connectivity index (χ2v) is 12.2. The Kier molecular flexibility index (Phi) is 5.05. The second-order valence-electron chi connectivity index (χ2n) is 11.2. The molecule has 3 aromatic heterocycles. The van der Waals surface area contributed by atoms with Crippen LogP contribution >= 0.6 is 11.3 Å². The SMILES string of the molecule is Cc1c(CC(C)C)oc2c1ccc1sc3c(-c4cc(C(C)(C)C)c5ccccc5c4)nccc3c12. The molecule has 0 fully saturated rings. The van der Waals surface area contributed by atoms with E-state index in [4.69, 9.17) is 9.40 Å². The number of fused-ring (bicyclic) bond motifs is 6. The molecule has 0 saturated carbocycles. The third-order valence-corrected chi connectivity index (χ3v) is 8.27. The molecule has 0 atom stereocenters. The number of pyridine rings is 1. The minimum atomic E-state index is 0.0361. The van der Waals surface area contributed by atoms with E-state index in [9.17, 15) is 0 Å². The average Bonchev–Trinajstić information content (AvgIpc) is 3.34. The van der Waals surface area contributed by atoms with Gasteiger partial charge in [-0.3, -0.25) is 4.98 Å². The second kappa shape index (κ2) is 7.93. The Hall–Kier alpha value is -3.17. The molecule has 3 aromatic carbocycles. The van der Waals surface area contributed by atoms with Crippen LogP contribution in [0.3, 0.4) is 0 Å². The number of aryl methyl sites for hydroxylation is 1. The van der Waals surface area contributed by atoms with Crippen molar-refractivity contribution in [3.8, 4) is 11.3 Å². The van der Waals surface area contributed by atoms with Crippen molar-refractivity contribution >= 4 is 53.3 Å². The summed E-state index contributed by atoms with van der Waals surface area (Å²) in [6.07, 6.45) is 2.92. The van der Waals surface area contributed by atoms with Crippen molar-refractivity contribution in [1.29, 1.82) is 0 Å². The molecular formula is C32H31NOS. The molecule has 2 nitrogen and oxygen atoms in total. The number of hydrogen-bond donors (Lipinski definition) is 0. The number of thiophene rings is 1. The minimum Gasteiger partial charge on any atom is -0.460 e. The molecule has 35 heavy (non-hydrogen) atoms. The highest BCUT2D eigenvalue weighted by Gasteiger charge is 2.22. The first-order chi connectivity index (χ1) is 16.7. The van der Waals surface area contributed by atoms with E-state index in [2.05, 4.69) is 96.1 Å². The van der Waals surface area contributed by atoms with E-state index in [1.165, 1.54) is 53.0 Å². The van der Waals surface area contributed by atoms with E-state index < -0.39 is 0 Å². The minimum absolute atomic E-state index is 0.0361. The van der Waals surface area contributed by atoms with Gasteiger partial charge in [0.25, 0.3) is 0 Å². The van der Waals surface area contributed by atoms with Crippen molar-refractivity contribution in [1.82, 2.24) is 4.98 Å². The molecule has 176 valence electrons. The van der Waals surface area contributed by atoms with Crippen LogP contribution in [0.1, 0.15) is 51.5 Å². The van der Waals surface area contributed by atoms with E-state index in [0.717, 1.165) is 23.5 Å². The number of hydrogen-bond acceptors (Lipinski definition) is 3. The van der Waals surface area contributed by atoms with E-state index in [1.807, 2.05) is 17.5 Å². The molecule has 0 radical (unpaired) electrons. The fourth-order valence-electron chi connectivity index (χ4n) is 5.35. The standard InChI is InChI=1S/C32H31NOS/c1-18(2)15-26-19(3)22-11-12-27-28(30(22)34-26)24-13-14-33-29(31(24)35-27)21-16-20-9-7-8-10-23(20)25(17-21)32(4,5)6/h7-14,16-18H,15H2,1-6H3. The Bertz CT molecular complexity index is 1740. The summed E-state index contributed by atoms with van der Waals surface area (Å²) in [5.41, 5.74) is 5.92. The number of furan rings is 1. The largest absolute Gasteiger partial charge is 0.460 e. The lowest BCUT2D eigenvalue weighted by Gasteiger charge is -2.22. The van der Waals surface area contributed by atoms with Crippen molar-refractivity contribution in [2.24, 2.45) is 5.92 Å². The molecule has 0 unspecified atom stereocenters. The zero-order valence-electron chi connectivity index (χ0n) is 21.3. The monoisotopic (exact) mass is 477 g/mol. The Morgan fingerprint density at radius 3 is 2.51 bits per heavy atom. The normalized spacial score (nSPS) is 12.7. The first-order valence-corrected chi connectivity index (χ1v) is 13.3. The fraction of sp³-hybridized carbons (Fsp3) is 0.281. The molecule has 0 N–H and O–H groups in total. The van der Waals surface area contributed by atoms with Gasteiger partial charge in [0.2, 0.25) is 0 Å². The molecule has 0 saturated heterocycles. The Morgan fingerprint density at radius 1 is 0.943 bits per heavy atom. The lowest BCUT2D eigenvalue weighted by molar-refractivity contribution is 0.498. The van der Waals surface area contributed by atoms with Gasteiger partial charge in [-0.15, -0.1) is 11.3 Å². The van der Waals surface area contributed by atoms with Gasteiger partial charge in [0, 0.05) is 39.0 Å². The van der Waals surface area contributed by atoms with Crippen LogP contribution in [0.15, 0.2) is 65.2 Å². The van der Waals surface area contributed by atoms with Crippen molar-refractivity contribution < 1.29 is 4.42 Å². The lowest BCUT2D eigenvalue weighted by Crippen LogP contribution is -2.12. The topological polar surface area (TPSA) is 26.0 Å². The van der Waals surface area contributed by atoms with E-state index in [0.29, 0.717) is 5.92 Å². The van der Waals surface area contributed by atoms with Crippen molar-refractivity contribution in [3.63, 3.8) is 0 Å². The maximum atomic E-state index is 6.54. The fourth-order valence-corrected chi connectivity index (χ4v) is 6.56. The highest BCUT2D eigenvalue weighted by atomic mass is 32.1. The van der Waals surface area contributed by atoms with Gasteiger partial charge < -0.3 is 4.42 Å². The third-order valence-electron chi connectivity index (χ3n) is 7.09. The Morgan fingerprint density at radius 2 is 1.74 bits per heavy atom. The maximum absolute atomic E-state index is 6.54. The number of aromatic nitrogens is 1. The summed E-state index contributed by atoms with van der Waals surface area (Å²) in [6.45, 7) is 13.6. The van der Waals surface area contributed by atoms with Crippen LogP contribution in [0.5, 0.6) is 0 Å². The van der Waals surface area contributed by atoms with Crippen LogP contribution < -0.4 is 0 Å². The van der Waals surface area contributed by atoms with Gasteiger partial charge in [-0.2, -0.15) is 0 Å². The average molecular weight is 478 g/mol. The summed E-state index contributed by atoms with van der Waals surface area (Å²) < 4.78 is 9.02. The molecule has 0 spiro atoms. The van der Waals surface area contributed by atoms with Gasteiger partial charge in [0.15, 0.2) is 0 Å². The van der Waals surface area contributed by atoms with Gasteiger partial charge in [0.1, 0.15) is 11.3 Å². The molecule has 0 amide bonds. The Balaban J connectivity index is 1.65. The quantitative estimate of drug-likeness (QED) is 0.253. The van der Waals surface area contributed by atoms with Crippen molar-refractivity contribution in [2.75, 3.05) is 0 Å². The summed E-state index contributed by atoms with van der Waals surface area (Å²) in [6, 6.07) is 20.0. The molecule has 3 heteroatoms. The summed E-state index contributed by atoms with van der Waals surface area (Å²) in [4.78, 5) is 4.92. The molecule has 6 aromatic rings.